The highest BCUT2D eigenvalue weighted by molar-refractivity contribution is 5.74. The van der Waals surface area contributed by atoms with E-state index in [1.165, 1.54) is 5.56 Å². The first-order valence-electron chi connectivity index (χ1n) is 6.99. The van der Waals surface area contributed by atoms with E-state index in [2.05, 4.69) is 26.0 Å². The second kappa shape index (κ2) is 6.90. The van der Waals surface area contributed by atoms with Crippen molar-refractivity contribution in [2.24, 2.45) is 0 Å². The molecule has 2 heteroatoms. The van der Waals surface area contributed by atoms with E-state index in [1.807, 2.05) is 24.3 Å². The molecule has 0 aliphatic rings. The van der Waals surface area contributed by atoms with Crippen LogP contribution in [0.1, 0.15) is 47.7 Å². The number of ether oxygens (including phenoxy) is 1. The van der Waals surface area contributed by atoms with E-state index in [4.69, 9.17) is 4.74 Å². The van der Waals surface area contributed by atoms with E-state index in [0.717, 1.165) is 24.0 Å². The van der Waals surface area contributed by atoms with Gasteiger partial charge in [0.2, 0.25) is 0 Å². The van der Waals surface area contributed by atoms with Crippen molar-refractivity contribution in [3.8, 4) is 5.75 Å². The third-order valence-corrected chi connectivity index (χ3v) is 3.58. The molecule has 0 aromatic heterocycles. The van der Waals surface area contributed by atoms with Gasteiger partial charge < -0.3 is 4.74 Å². The van der Waals surface area contributed by atoms with Crippen LogP contribution in [-0.2, 0) is 6.61 Å². The van der Waals surface area contributed by atoms with Crippen molar-refractivity contribution < 1.29 is 9.53 Å². The normalized spacial score (nSPS) is 11.9. The second-order valence-corrected chi connectivity index (χ2v) is 5.03. The maximum atomic E-state index is 10.6. The molecule has 0 saturated carbocycles. The first-order chi connectivity index (χ1) is 9.72. The molecule has 0 bridgehead atoms. The van der Waals surface area contributed by atoms with Crippen molar-refractivity contribution >= 4 is 6.29 Å². The molecule has 0 spiro atoms. The maximum absolute atomic E-state index is 10.6. The SMILES string of the molecule is CCC(C)c1ccc(OCc2ccc(C=O)cc2)cc1. The Balaban J connectivity index is 1.94. The molecular weight excluding hydrogens is 248 g/mol. The summed E-state index contributed by atoms with van der Waals surface area (Å²) in [7, 11) is 0. The lowest BCUT2D eigenvalue weighted by Gasteiger charge is -2.11. The smallest absolute Gasteiger partial charge is 0.150 e. The minimum absolute atomic E-state index is 0.516. The highest BCUT2D eigenvalue weighted by atomic mass is 16.5. The highest BCUT2D eigenvalue weighted by Gasteiger charge is 2.03. The molecule has 1 atom stereocenters. The fourth-order valence-corrected chi connectivity index (χ4v) is 1.99. The molecule has 2 rings (SSSR count). The van der Waals surface area contributed by atoms with Crippen molar-refractivity contribution in [3.05, 3.63) is 65.2 Å². The summed E-state index contributed by atoms with van der Waals surface area (Å²) in [5, 5.41) is 0. The number of carbonyl (C=O) groups excluding carboxylic acids is 1. The quantitative estimate of drug-likeness (QED) is 0.716. The van der Waals surface area contributed by atoms with Crippen LogP contribution < -0.4 is 4.74 Å². The fraction of sp³-hybridized carbons (Fsp3) is 0.278. The molecule has 0 N–H and O–H groups in total. The molecule has 0 radical (unpaired) electrons. The van der Waals surface area contributed by atoms with Crippen LogP contribution in [-0.4, -0.2) is 6.29 Å². The molecule has 0 fully saturated rings. The Morgan fingerprint density at radius 3 is 2.25 bits per heavy atom. The Labute approximate surface area is 120 Å². The zero-order chi connectivity index (χ0) is 14.4. The van der Waals surface area contributed by atoms with Crippen LogP contribution in [0.5, 0.6) is 5.75 Å². The van der Waals surface area contributed by atoms with E-state index < -0.39 is 0 Å². The fourth-order valence-electron chi connectivity index (χ4n) is 1.99. The van der Waals surface area contributed by atoms with Crippen LogP contribution in [0.2, 0.25) is 0 Å². The zero-order valence-electron chi connectivity index (χ0n) is 12.0. The van der Waals surface area contributed by atoms with E-state index in [0.29, 0.717) is 18.1 Å². The zero-order valence-corrected chi connectivity index (χ0v) is 12.0. The number of benzene rings is 2. The Morgan fingerprint density at radius 2 is 1.70 bits per heavy atom. The predicted octanol–water partition coefficient (Wildman–Crippen LogP) is 4.59. The molecule has 1 unspecified atom stereocenters. The first kappa shape index (κ1) is 14.3. The lowest BCUT2D eigenvalue weighted by molar-refractivity contribution is 0.112. The van der Waals surface area contributed by atoms with Crippen LogP contribution in [0, 0.1) is 0 Å². The van der Waals surface area contributed by atoms with Crippen molar-refractivity contribution in [2.75, 3.05) is 0 Å². The van der Waals surface area contributed by atoms with E-state index in [1.54, 1.807) is 12.1 Å². The summed E-state index contributed by atoms with van der Waals surface area (Å²) in [6, 6.07) is 15.7. The van der Waals surface area contributed by atoms with Gasteiger partial charge in [-0.3, -0.25) is 4.79 Å². The molecule has 0 amide bonds. The lowest BCUT2D eigenvalue weighted by Crippen LogP contribution is -1.96. The largest absolute Gasteiger partial charge is 0.489 e. The average Bonchev–Trinajstić information content (AvgIpc) is 2.53. The second-order valence-electron chi connectivity index (χ2n) is 5.03. The molecule has 0 aliphatic carbocycles. The van der Waals surface area contributed by atoms with Crippen LogP contribution in [0.25, 0.3) is 0 Å². The molecule has 2 aromatic carbocycles. The summed E-state index contributed by atoms with van der Waals surface area (Å²) in [6.07, 6.45) is 1.99. The molecule has 20 heavy (non-hydrogen) atoms. The molecule has 0 saturated heterocycles. The van der Waals surface area contributed by atoms with E-state index >= 15 is 0 Å². The number of rotatable bonds is 6. The van der Waals surface area contributed by atoms with Gasteiger partial charge in [-0.2, -0.15) is 0 Å². The molecule has 0 heterocycles. The van der Waals surface area contributed by atoms with Gasteiger partial charge in [0.1, 0.15) is 18.6 Å². The van der Waals surface area contributed by atoms with Crippen LogP contribution in [0.15, 0.2) is 48.5 Å². The van der Waals surface area contributed by atoms with Gasteiger partial charge in [-0.15, -0.1) is 0 Å². The minimum atomic E-state index is 0.516. The first-order valence-corrected chi connectivity index (χ1v) is 6.99. The number of hydrogen-bond acceptors (Lipinski definition) is 2. The van der Waals surface area contributed by atoms with Gasteiger partial charge in [0.05, 0.1) is 0 Å². The number of carbonyl (C=O) groups is 1. The lowest BCUT2D eigenvalue weighted by atomic mass is 9.99. The summed E-state index contributed by atoms with van der Waals surface area (Å²) < 4.78 is 5.75. The van der Waals surface area contributed by atoms with Crippen LogP contribution in [0.4, 0.5) is 0 Å². The van der Waals surface area contributed by atoms with Crippen molar-refractivity contribution in [1.29, 1.82) is 0 Å². The minimum Gasteiger partial charge on any atom is -0.489 e. The number of hydrogen-bond donors (Lipinski definition) is 0. The van der Waals surface area contributed by atoms with Gasteiger partial charge in [-0.25, -0.2) is 0 Å². The summed E-state index contributed by atoms with van der Waals surface area (Å²) in [6.45, 7) is 4.93. The molecule has 2 nitrogen and oxygen atoms in total. The van der Waals surface area contributed by atoms with Gasteiger partial charge in [0, 0.05) is 5.56 Å². The standard InChI is InChI=1S/C18H20O2/c1-3-14(2)17-8-10-18(11-9-17)20-13-16-6-4-15(12-19)5-7-16/h4-12,14H,3,13H2,1-2H3. The Bertz CT molecular complexity index is 541. The van der Waals surface area contributed by atoms with Crippen molar-refractivity contribution in [1.82, 2.24) is 0 Å². The summed E-state index contributed by atoms with van der Waals surface area (Å²) in [4.78, 5) is 10.6. The third kappa shape index (κ3) is 3.70. The van der Waals surface area contributed by atoms with Crippen LogP contribution >= 0.6 is 0 Å². The Kier molecular flexibility index (Phi) is 4.94. The Morgan fingerprint density at radius 1 is 1.05 bits per heavy atom. The summed E-state index contributed by atoms with van der Waals surface area (Å²) >= 11 is 0. The number of aldehydes is 1. The van der Waals surface area contributed by atoms with Gasteiger partial charge in [0.25, 0.3) is 0 Å². The molecule has 0 aliphatic heterocycles. The van der Waals surface area contributed by atoms with Gasteiger partial charge in [-0.1, -0.05) is 50.2 Å². The molecule has 104 valence electrons. The monoisotopic (exact) mass is 268 g/mol. The van der Waals surface area contributed by atoms with E-state index in [-0.39, 0.29) is 0 Å². The van der Waals surface area contributed by atoms with Crippen molar-refractivity contribution in [3.63, 3.8) is 0 Å². The van der Waals surface area contributed by atoms with Gasteiger partial charge in [0.15, 0.2) is 0 Å². The summed E-state index contributed by atoms with van der Waals surface area (Å²) in [5.41, 5.74) is 3.09. The topological polar surface area (TPSA) is 26.3 Å². The van der Waals surface area contributed by atoms with Gasteiger partial charge >= 0.3 is 0 Å². The molecule has 2 aromatic rings. The third-order valence-electron chi connectivity index (χ3n) is 3.58. The predicted molar refractivity (Wildman–Crippen MR) is 81.3 cm³/mol. The maximum Gasteiger partial charge on any atom is 0.150 e. The summed E-state index contributed by atoms with van der Waals surface area (Å²) in [5.74, 6) is 1.46. The van der Waals surface area contributed by atoms with Gasteiger partial charge in [-0.05, 0) is 35.6 Å². The highest BCUT2D eigenvalue weighted by Crippen LogP contribution is 2.22. The van der Waals surface area contributed by atoms with Crippen molar-refractivity contribution in [2.45, 2.75) is 32.8 Å². The van der Waals surface area contributed by atoms with Crippen LogP contribution in [0.3, 0.4) is 0 Å². The molecular formula is C18H20O2. The Hall–Kier alpha value is -2.09. The average molecular weight is 268 g/mol. The van der Waals surface area contributed by atoms with E-state index in [9.17, 15) is 4.79 Å².